The Balaban J connectivity index is 1.94. The summed E-state index contributed by atoms with van der Waals surface area (Å²) in [6.07, 6.45) is 3.44. The number of nitrogen functional groups attached to an aromatic ring is 1. The maximum Gasteiger partial charge on any atom is 0.176 e. The van der Waals surface area contributed by atoms with E-state index in [9.17, 15) is 5.11 Å². The number of nitrogens with two attached hydrogens (primary N) is 2. The number of rotatable bonds is 7. The molecule has 0 saturated carbocycles. The summed E-state index contributed by atoms with van der Waals surface area (Å²) in [4.78, 5) is 14.7. The smallest absolute Gasteiger partial charge is 0.176 e. The van der Waals surface area contributed by atoms with Crippen molar-refractivity contribution in [2.75, 3.05) is 39.0 Å². The molecule has 144 valence electrons. The summed E-state index contributed by atoms with van der Waals surface area (Å²) in [6.45, 7) is 5.50. The molecule has 10 heteroatoms. The Bertz CT molecular complexity index is 760. The summed E-state index contributed by atoms with van der Waals surface area (Å²) in [5.74, 6) is -1.07. The Labute approximate surface area is 152 Å². The maximum atomic E-state index is 10.3. The summed E-state index contributed by atoms with van der Waals surface area (Å²) < 4.78 is 13.8. The van der Waals surface area contributed by atoms with Crippen LogP contribution in [0, 0.1) is 0 Å². The second-order valence-corrected chi connectivity index (χ2v) is 7.23. The highest BCUT2D eigenvalue weighted by atomic mass is 16.7. The van der Waals surface area contributed by atoms with Crippen molar-refractivity contribution in [1.82, 2.24) is 24.4 Å². The highest BCUT2D eigenvalue weighted by Gasteiger charge is 2.47. The fourth-order valence-electron chi connectivity index (χ4n) is 3.40. The van der Waals surface area contributed by atoms with Gasteiger partial charge in [-0.15, -0.1) is 0 Å². The highest BCUT2D eigenvalue weighted by Crippen LogP contribution is 2.38. The first-order chi connectivity index (χ1) is 12.2. The van der Waals surface area contributed by atoms with Crippen LogP contribution in [0.4, 0.5) is 5.82 Å². The molecule has 0 amide bonds. The first kappa shape index (κ1) is 18.9. The van der Waals surface area contributed by atoms with Gasteiger partial charge in [0.15, 0.2) is 23.0 Å². The fraction of sp³-hybridized carbons (Fsp3) is 0.688. The predicted molar refractivity (Wildman–Crippen MR) is 96.0 cm³/mol. The van der Waals surface area contributed by atoms with Crippen molar-refractivity contribution in [3.63, 3.8) is 0 Å². The van der Waals surface area contributed by atoms with Crippen molar-refractivity contribution in [2.24, 2.45) is 5.73 Å². The molecule has 0 aliphatic carbocycles. The lowest BCUT2D eigenvalue weighted by molar-refractivity contribution is -0.273. The minimum atomic E-state index is -1.36. The van der Waals surface area contributed by atoms with E-state index in [1.54, 1.807) is 24.7 Å². The molecule has 3 rings (SSSR count). The molecule has 0 aromatic carbocycles. The van der Waals surface area contributed by atoms with E-state index < -0.39 is 11.5 Å². The van der Waals surface area contributed by atoms with Crippen LogP contribution in [-0.2, 0) is 15.2 Å². The Hall–Kier alpha value is -1.85. The molecule has 0 radical (unpaired) electrons. The maximum absolute atomic E-state index is 10.3. The number of imidazole rings is 1. The second kappa shape index (κ2) is 7.05. The molecule has 0 bridgehead atoms. The first-order valence-electron chi connectivity index (χ1n) is 8.61. The van der Waals surface area contributed by atoms with Crippen molar-refractivity contribution in [3.05, 3.63) is 12.7 Å². The third-order valence-corrected chi connectivity index (χ3v) is 4.36. The van der Waals surface area contributed by atoms with Crippen LogP contribution in [0.25, 0.3) is 11.2 Å². The zero-order valence-electron chi connectivity index (χ0n) is 15.4. The zero-order chi connectivity index (χ0) is 18.9. The Morgan fingerprint density at radius 3 is 2.92 bits per heavy atom. The van der Waals surface area contributed by atoms with Crippen LogP contribution in [0.2, 0.25) is 0 Å². The largest absolute Gasteiger partial charge is 0.382 e. The van der Waals surface area contributed by atoms with Gasteiger partial charge >= 0.3 is 0 Å². The van der Waals surface area contributed by atoms with Gasteiger partial charge in [-0.2, -0.15) is 0 Å². The van der Waals surface area contributed by atoms with Crippen LogP contribution < -0.4 is 11.5 Å². The van der Waals surface area contributed by atoms with Crippen molar-refractivity contribution in [2.45, 2.75) is 37.9 Å². The number of aliphatic hydroxyl groups is 1. The van der Waals surface area contributed by atoms with Gasteiger partial charge in [-0.3, -0.25) is 4.57 Å². The molecular formula is C16H27N7O3. The van der Waals surface area contributed by atoms with E-state index in [0.717, 1.165) is 6.54 Å². The number of likely N-dealkylation sites (N-methyl/N-ethyl adjacent to an activating group) is 1. The van der Waals surface area contributed by atoms with E-state index in [1.165, 1.54) is 6.33 Å². The van der Waals surface area contributed by atoms with Gasteiger partial charge in [-0.05, 0) is 20.9 Å². The normalized spacial score (nSPS) is 24.0. The molecule has 0 spiro atoms. The molecule has 2 unspecified atom stereocenters. The van der Waals surface area contributed by atoms with E-state index in [4.69, 9.17) is 20.9 Å². The van der Waals surface area contributed by atoms with Crippen LogP contribution in [0.15, 0.2) is 12.7 Å². The van der Waals surface area contributed by atoms with E-state index >= 15 is 0 Å². The molecule has 1 aliphatic rings. The van der Waals surface area contributed by atoms with Crippen LogP contribution in [0.5, 0.6) is 0 Å². The quantitative estimate of drug-likeness (QED) is 0.554. The average Bonchev–Trinajstić information content (AvgIpc) is 3.12. The van der Waals surface area contributed by atoms with E-state index in [1.807, 2.05) is 7.05 Å². The molecule has 3 heterocycles. The van der Waals surface area contributed by atoms with Gasteiger partial charge in [0.2, 0.25) is 0 Å². The number of ether oxygens (including phenoxy) is 2. The molecule has 2 aromatic rings. The van der Waals surface area contributed by atoms with Gasteiger partial charge in [0.1, 0.15) is 11.8 Å². The van der Waals surface area contributed by atoms with Gasteiger partial charge in [0.05, 0.1) is 19.0 Å². The third kappa shape index (κ3) is 3.79. The van der Waals surface area contributed by atoms with Crippen LogP contribution in [-0.4, -0.2) is 74.7 Å². The summed E-state index contributed by atoms with van der Waals surface area (Å²) in [5.41, 5.74) is 11.6. The molecule has 2 aromatic heterocycles. The molecule has 26 heavy (non-hydrogen) atoms. The van der Waals surface area contributed by atoms with E-state index in [2.05, 4.69) is 19.9 Å². The molecular weight excluding hydrogens is 338 g/mol. The lowest BCUT2D eigenvalue weighted by Gasteiger charge is -2.35. The topological polar surface area (TPSA) is 138 Å². The summed E-state index contributed by atoms with van der Waals surface area (Å²) in [5, 5.41) is 10.3. The summed E-state index contributed by atoms with van der Waals surface area (Å²) >= 11 is 0. The predicted octanol–water partition coefficient (Wildman–Crippen LogP) is -0.514. The molecule has 2 atom stereocenters. The Morgan fingerprint density at radius 1 is 1.46 bits per heavy atom. The van der Waals surface area contributed by atoms with Gasteiger partial charge in [0, 0.05) is 26.1 Å². The molecule has 10 nitrogen and oxygen atoms in total. The molecule has 1 fully saturated rings. The van der Waals surface area contributed by atoms with E-state index in [0.29, 0.717) is 36.5 Å². The number of hydrogen-bond acceptors (Lipinski definition) is 9. The summed E-state index contributed by atoms with van der Waals surface area (Å²) in [6, 6.07) is 0. The Morgan fingerprint density at radius 2 is 2.23 bits per heavy atom. The number of nitrogens with zero attached hydrogens (tertiary/aromatic N) is 5. The third-order valence-electron chi connectivity index (χ3n) is 4.36. The number of aromatic nitrogens is 4. The van der Waals surface area contributed by atoms with Crippen molar-refractivity contribution in [3.8, 4) is 0 Å². The van der Waals surface area contributed by atoms with Crippen molar-refractivity contribution in [1.29, 1.82) is 0 Å². The lowest BCUT2D eigenvalue weighted by atomic mass is 10.1. The molecule has 1 aliphatic heterocycles. The fourth-order valence-corrected chi connectivity index (χ4v) is 3.40. The monoisotopic (exact) mass is 365 g/mol. The van der Waals surface area contributed by atoms with Gasteiger partial charge in [0.25, 0.3) is 0 Å². The van der Waals surface area contributed by atoms with Gasteiger partial charge < -0.3 is 30.9 Å². The number of anilines is 1. The van der Waals surface area contributed by atoms with Crippen LogP contribution in [0.3, 0.4) is 0 Å². The lowest BCUT2D eigenvalue weighted by Crippen LogP contribution is -2.45. The Kier molecular flexibility index (Phi) is 5.13. The minimum absolute atomic E-state index is 0.0782. The molecule has 1 saturated heterocycles. The molecule has 5 N–H and O–H groups in total. The first-order valence-corrected chi connectivity index (χ1v) is 8.61. The van der Waals surface area contributed by atoms with Gasteiger partial charge in [-0.1, -0.05) is 0 Å². The minimum Gasteiger partial charge on any atom is -0.382 e. The average molecular weight is 365 g/mol. The SMILES string of the molecule is CN(CCN)CC1CC(OC(C)(C)O)(n2cnc3c(N)ncnc32)CO1. The zero-order valence-corrected chi connectivity index (χ0v) is 15.4. The van der Waals surface area contributed by atoms with Crippen molar-refractivity contribution < 1.29 is 14.6 Å². The summed E-state index contributed by atoms with van der Waals surface area (Å²) in [7, 11) is 1.99. The van der Waals surface area contributed by atoms with E-state index in [-0.39, 0.29) is 12.7 Å². The standard InChI is InChI=1S/C16H27N7O3/c1-15(2,24)26-16(6-11(25-8-16)7-22(3)5-4-17)23-10-21-12-13(18)19-9-20-14(12)23/h9-11,24H,4-8,17H2,1-3H3,(H2,18,19,20). The van der Waals surface area contributed by atoms with Crippen LogP contribution >= 0.6 is 0 Å². The van der Waals surface area contributed by atoms with Gasteiger partial charge in [-0.25, -0.2) is 15.0 Å². The highest BCUT2D eigenvalue weighted by molar-refractivity contribution is 5.81. The van der Waals surface area contributed by atoms with Crippen molar-refractivity contribution >= 4 is 17.0 Å². The second-order valence-electron chi connectivity index (χ2n) is 7.23. The van der Waals surface area contributed by atoms with Crippen LogP contribution in [0.1, 0.15) is 20.3 Å². The number of hydrogen-bond donors (Lipinski definition) is 3. The number of fused-ring (bicyclic) bond motifs is 1.